The number of nitrogens with one attached hydrogen (secondary N) is 3. The number of carboxylic acid groups (broad SMARTS) is 1. The van der Waals surface area contributed by atoms with Crippen LogP contribution in [0.4, 0.5) is 0 Å². The third-order valence-electron chi connectivity index (χ3n) is 3.25. The molecule has 1 aromatic carbocycles. The van der Waals surface area contributed by atoms with E-state index in [4.69, 9.17) is 5.11 Å². The van der Waals surface area contributed by atoms with Gasteiger partial charge in [-0.05, 0) is 11.6 Å². The minimum atomic E-state index is -0.918. The molecule has 0 saturated carbocycles. The number of rotatable bonds is 5. The number of carboxylic acids is 1. The summed E-state index contributed by atoms with van der Waals surface area (Å²) >= 11 is 3.40. The van der Waals surface area contributed by atoms with Crippen LogP contribution < -0.4 is 28.4 Å². The van der Waals surface area contributed by atoms with Crippen molar-refractivity contribution in [2.75, 3.05) is 13.6 Å². The van der Waals surface area contributed by atoms with E-state index in [2.05, 4.69) is 32.5 Å². The number of aromatic nitrogens is 2. The lowest BCUT2D eigenvalue weighted by Gasteiger charge is -2.16. The number of fused-ring (bicyclic) bond motifs is 1. The zero-order valence-corrected chi connectivity index (χ0v) is 14.5. The van der Waals surface area contributed by atoms with Gasteiger partial charge in [-0.25, -0.2) is 4.79 Å². The molecule has 0 fully saturated rings. The van der Waals surface area contributed by atoms with Gasteiger partial charge in [-0.2, -0.15) is 0 Å². The van der Waals surface area contributed by atoms with E-state index in [-0.39, 0.29) is 19.0 Å². The van der Waals surface area contributed by atoms with Crippen molar-refractivity contribution in [1.82, 2.24) is 9.97 Å². The molecular formula is C14H15BrClN3O4. The van der Waals surface area contributed by atoms with E-state index in [1.807, 2.05) is 0 Å². The van der Waals surface area contributed by atoms with Crippen molar-refractivity contribution in [3.63, 3.8) is 0 Å². The van der Waals surface area contributed by atoms with Crippen LogP contribution in [-0.2, 0) is 11.3 Å². The number of hydrogen-bond donors (Lipinski definition) is 4. The van der Waals surface area contributed by atoms with Crippen LogP contribution in [-0.4, -0.2) is 34.6 Å². The van der Waals surface area contributed by atoms with Gasteiger partial charge in [0.2, 0.25) is 0 Å². The number of carbonyl (C=O) groups is 1. The van der Waals surface area contributed by atoms with Crippen LogP contribution >= 0.6 is 15.9 Å². The normalized spacial score (nSPS) is 11.7. The molecule has 1 heterocycles. The van der Waals surface area contributed by atoms with Crippen LogP contribution in [0.3, 0.4) is 0 Å². The first-order chi connectivity index (χ1) is 10.3. The lowest BCUT2D eigenvalue weighted by Crippen LogP contribution is -3.08. The molecule has 9 heteroatoms. The number of hydrogen-bond acceptors (Lipinski definition) is 3. The molecule has 1 atom stereocenters. The molecule has 2 rings (SSSR count). The molecule has 23 heavy (non-hydrogen) atoms. The highest BCUT2D eigenvalue weighted by Crippen LogP contribution is 2.27. The smallest absolute Gasteiger partial charge is 0.359 e. The summed E-state index contributed by atoms with van der Waals surface area (Å²) < 4.78 is 0.704. The van der Waals surface area contributed by atoms with Crippen molar-refractivity contribution in [3.8, 4) is 0 Å². The first kappa shape index (κ1) is 19.1. The monoisotopic (exact) mass is 403 g/mol. The summed E-state index contributed by atoms with van der Waals surface area (Å²) in [7, 11) is 1.73. The van der Waals surface area contributed by atoms with Crippen molar-refractivity contribution in [2.45, 2.75) is 6.54 Å². The number of benzene rings is 1. The van der Waals surface area contributed by atoms with Gasteiger partial charge < -0.3 is 32.4 Å². The van der Waals surface area contributed by atoms with Crippen LogP contribution in [0, 0.1) is 0 Å². The number of aromatic amines is 2. The predicted molar refractivity (Wildman–Crippen MR) is 86.1 cm³/mol. The summed E-state index contributed by atoms with van der Waals surface area (Å²) in [5.74, 6) is -0.918. The largest absolute Gasteiger partial charge is 1.00 e. The van der Waals surface area contributed by atoms with E-state index < -0.39 is 17.1 Å². The Morgan fingerprint density at radius 3 is 2.57 bits per heavy atom. The highest BCUT2D eigenvalue weighted by molar-refractivity contribution is 9.10. The van der Waals surface area contributed by atoms with Gasteiger partial charge in [-0.15, -0.1) is 0 Å². The lowest BCUT2D eigenvalue weighted by molar-refractivity contribution is -0.886. The van der Waals surface area contributed by atoms with Crippen LogP contribution in [0.1, 0.15) is 11.1 Å². The van der Waals surface area contributed by atoms with Gasteiger partial charge in [0, 0.05) is 10.0 Å². The summed E-state index contributed by atoms with van der Waals surface area (Å²) in [6.45, 7) is 4.03. The first-order valence-electron chi connectivity index (χ1n) is 6.46. The fourth-order valence-electron chi connectivity index (χ4n) is 2.34. The third-order valence-corrected chi connectivity index (χ3v) is 3.91. The standard InChI is InChI=1S/C14H14BrN3O4.ClH/c1-3-7-8(5-18(2)6-11(19)20)12-10(4-9(7)15)16-13(21)14(22)17-12;/h3-4H,1,5-6H2,2H3,(H,16,21)(H,17,22)(H,19,20);1H. The number of aliphatic carboxylic acids is 1. The Morgan fingerprint density at radius 2 is 2.00 bits per heavy atom. The Labute approximate surface area is 145 Å². The van der Waals surface area contributed by atoms with Gasteiger partial charge >= 0.3 is 17.1 Å². The summed E-state index contributed by atoms with van der Waals surface area (Å²) in [6, 6.07) is 1.68. The Hall–Kier alpha value is -1.90. The summed E-state index contributed by atoms with van der Waals surface area (Å²) in [6.07, 6.45) is 1.62. The second-order valence-corrected chi connectivity index (χ2v) is 5.84. The molecule has 0 bridgehead atoms. The van der Waals surface area contributed by atoms with E-state index in [0.717, 1.165) is 10.5 Å². The average molecular weight is 405 g/mol. The zero-order chi connectivity index (χ0) is 16.4. The second kappa shape index (κ2) is 7.58. The van der Waals surface area contributed by atoms with Crippen molar-refractivity contribution < 1.29 is 27.2 Å². The molecule has 0 aliphatic carbocycles. The summed E-state index contributed by atoms with van der Waals surface area (Å²) in [5.41, 5.74) is 0.934. The molecule has 0 saturated heterocycles. The summed E-state index contributed by atoms with van der Waals surface area (Å²) in [5, 5.41) is 8.88. The maximum atomic E-state index is 11.6. The minimum absolute atomic E-state index is 0. The maximum Gasteiger partial charge on any atom is 0.359 e. The summed E-state index contributed by atoms with van der Waals surface area (Å²) in [4.78, 5) is 39.7. The van der Waals surface area contributed by atoms with Crippen molar-refractivity contribution >= 4 is 39.0 Å². The molecule has 7 nitrogen and oxygen atoms in total. The van der Waals surface area contributed by atoms with Gasteiger partial charge in [-0.1, -0.05) is 28.6 Å². The molecule has 0 aliphatic rings. The molecule has 0 spiro atoms. The fraction of sp³-hybridized carbons (Fsp3) is 0.214. The molecule has 0 amide bonds. The van der Waals surface area contributed by atoms with Crippen molar-refractivity contribution in [1.29, 1.82) is 0 Å². The minimum Gasteiger partial charge on any atom is -1.00 e. The van der Waals surface area contributed by atoms with Crippen molar-refractivity contribution in [2.24, 2.45) is 0 Å². The van der Waals surface area contributed by atoms with E-state index in [0.29, 0.717) is 27.6 Å². The highest BCUT2D eigenvalue weighted by atomic mass is 79.9. The van der Waals surface area contributed by atoms with Gasteiger partial charge in [0.25, 0.3) is 0 Å². The lowest BCUT2D eigenvalue weighted by atomic mass is 10.0. The second-order valence-electron chi connectivity index (χ2n) is 4.99. The molecular weight excluding hydrogens is 390 g/mol. The SMILES string of the molecule is C=Cc1c(Br)cc2[nH]c(=O)c(=O)[nH]c2c1C[NH+](C)CC(=O)O.[Cl-]. The molecule has 1 aromatic heterocycles. The van der Waals surface area contributed by atoms with Gasteiger partial charge in [-0.3, -0.25) is 9.59 Å². The number of quaternary nitrogens is 1. The zero-order valence-electron chi connectivity index (χ0n) is 12.2. The molecule has 0 radical (unpaired) electrons. The van der Waals surface area contributed by atoms with E-state index in [1.165, 1.54) is 0 Å². The number of H-pyrrole nitrogens is 2. The van der Waals surface area contributed by atoms with Gasteiger partial charge in [0.05, 0.1) is 18.1 Å². The quantitative estimate of drug-likeness (QED) is 0.392. The number of halogens is 2. The molecule has 124 valence electrons. The highest BCUT2D eigenvalue weighted by Gasteiger charge is 2.17. The van der Waals surface area contributed by atoms with Gasteiger partial charge in [0.1, 0.15) is 6.54 Å². The predicted octanol–water partition coefficient (Wildman–Crippen LogP) is -3.27. The van der Waals surface area contributed by atoms with E-state index in [1.54, 1.807) is 19.2 Å². The van der Waals surface area contributed by atoms with Crippen LogP contribution in [0.2, 0.25) is 0 Å². The maximum absolute atomic E-state index is 11.6. The Morgan fingerprint density at radius 1 is 1.39 bits per heavy atom. The third kappa shape index (κ3) is 4.10. The van der Waals surface area contributed by atoms with Crippen LogP contribution in [0.5, 0.6) is 0 Å². The van der Waals surface area contributed by atoms with Crippen molar-refractivity contribution in [3.05, 3.63) is 49.0 Å². The molecule has 1 unspecified atom stereocenters. The number of likely N-dealkylation sites (N-methyl/N-ethyl adjacent to an activating group) is 1. The molecule has 2 aromatic rings. The Bertz CT molecular complexity index is 875. The van der Waals surface area contributed by atoms with Crippen LogP contribution in [0.15, 0.2) is 26.7 Å². The van der Waals surface area contributed by atoms with Gasteiger partial charge in [0.15, 0.2) is 6.54 Å². The van der Waals surface area contributed by atoms with E-state index >= 15 is 0 Å². The Kier molecular flexibility index (Phi) is 6.31. The average Bonchev–Trinajstić information content (AvgIpc) is 2.40. The molecule has 0 aliphatic heterocycles. The topological polar surface area (TPSA) is 107 Å². The van der Waals surface area contributed by atoms with Crippen LogP contribution in [0.25, 0.3) is 17.1 Å². The van der Waals surface area contributed by atoms with E-state index in [9.17, 15) is 14.4 Å². The molecule has 4 N–H and O–H groups in total. The fourth-order valence-corrected chi connectivity index (χ4v) is 2.97. The first-order valence-corrected chi connectivity index (χ1v) is 7.26. The Balaban J connectivity index is 0.00000264.